The lowest BCUT2D eigenvalue weighted by molar-refractivity contribution is -0.145. The van der Waals surface area contributed by atoms with E-state index in [1.807, 2.05) is 20.8 Å². The SMILES string of the molecule is CCCC[C@H](NC(=O)[C@H](CC(C)C)NC(=O)CNC(=O)[C@H](Cc1ccccc1)NC(=O)[C@H](Cc1ccccc1)NC(=O)[C@H](CCC(N)=O)NC(=O)[C@@H](N)CCC(N)=O)C(=O)OC. The van der Waals surface area contributed by atoms with Crippen LogP contribution in [-0.4, -0.2) is 103 Å². The Balaban J connectivity index is 2.34. The maximum Gasteiger partial charge on any atom is 0.328 e. The number of benzene rings is 2. The zero-order valence-electron chi connectivity index (χ0n) is 35.9. The van der Waals surface area contributed by atoms with Crippen molar-refractivity contribution in [1.82, 2.24) is 31.9 Å². The lowest BCUT2D eigenvalue weighted by Gasteiger charge is -2.26. The van der Waals surface area contributed by atoms with E-state index in [-0.39, 0.29) is 50.9 Å². The Morgan fingerprint density at radius 3 is 1.55 bits per heavy atom. The topological polar surface area (TPSA) is 313 Å². The van der Waals surface area contributed by atoms with Crippen LogP contribution in [0.2, 0.25) is 0 Å². The minimum atomic E-state index is -1.38. The number of primary amides is 2. The second-order valence-corrected chi connectivity index (χ2v) is 15.4. The minimum absolute atomic E-state index is 0.0302. The molecule has 2 rings (SSSR count). The predicted octanol–water partition coefficient (Wildman–Crippen LogP) is -0.720. The van der Waals surface area contributed by atoms with E-state index >= 15 is 0 Å². The molecule has 2 aromatic carbocycles. The minimum Gasteiger partial charge on any atom is -0.467 e. The molecule has 0 saturated carbocycles. The van der Waals surface area contributed by atoms with Gasteiger partial charge in [0.15, 0.2) is 0 Å². The molecule has 0 aliphatic rings. The highest BCUT2D eigenvalue weighted by atomic mass is 16.5. The number of hydrogen-bond donors (Lipinski definition) is 9. The van der Waals surface area contributed by atoms with Crippen molar-refractivity contribution >= 4 is 53.2 Å². The molecule has 0 aliphatic heterocycles. The maximum atomic E-state index is 14.2. The summed E-state index contributed by atoms with van der Waals surface area (Å²) >= 11 is 0. The third kappa shape index (κ3) is 19.8. The lowest BCUT2D eigenvalue weighted by Crippen LogP contribution is -2.59. The molecule has 62 heavy (non-hydrogen) atoms. The number of carbonyl (C=O) groups excluding carboxylic acids is 9. The highest BCUT2D eigenvalue weighted by molar-refractivity contribution is 5.96. The molecule has 0 aromatic heterocycles. The van der Waals surface area contributed by atoms with E-state index in [4.69, 9.17) is 21.9 Å². The molecule has 19 heteroatoms. The number of methoxy groups -OCH3 is 1. The van der Waals surface area contributed by atoms with Gasteiger partial charge in [-0.2, -0.15) is 0 Å². The van der Waals surface area contributed by atoms with Crippen LogP contribution in [0, 0.1) is 5.92 Å². The Bertz CT molecular complexity index is 1810. The zero-order valence-corrected chi connectivity index (χ0v) is 35.9. The largest absolute Gasteiger partial charge is 0.467 e. The van der Waals surface area contributed by atoms with Gasteiger partial charge in [-0.05, 0) is 42.7 Å². The molecule has 0 heterocycles. The number of ether oxygens (including phenoxy) is 1. The summed E-state index contributed by atoms with van der Waals surface area (Å²) in [5, 5.41) is 15.6. The Morgan fingerprint density at radius 1 is 0.581 bits per heavy atom. The van der Waals surface area contributed by atoms with Gasteiger partial charge in [0.2, 0.25) is 47.3 Å². The van der Waals surface area contributed by atoms with Crippen LogP contribution < -0.4 is 49.1 Å². The molecule has 0 radical (unpaired) electrons. The number of nitrogens with one attached hydrogen (secondary N) is 6. The molecule has 6 atom stereocenters. The van der Waals surface area contributed by atoms with Crippen molar-refractivity contribution in [3.05, 3.63) is 71.8 Å². The molecule has 340 valence electrons. The van der Waals surface area contributed by atoms with Gasteiger partial charge in [-0.1, -0.05) is 94.3 Å². The van der Waals surface area contributed by atoms with Gasteiger partial charge in [0.25, 0.3) is 0 Å². The zero-order chi connectivity index (χ0) is 46.2. The summed E-state index contributed by atoms with van der Waals surface area (Å²) in [5.74, 6) is -6.61. The lowest BCUT2D eigenvalue weighted by atomic mass is 10.0. The van der Waals surface area contributed by atoms with Crippen molar-refractivity contribution < 1.29 is 47.9 Å². The summed E-state index contributed by atoms with van der Waals surface area (Å²) in [4.78, 5) is 117. The van der Waals surface area contributed by atoms with E-state index in [9.17, 15) is 43.2 Å². The molecule has 12 N–H and O–H groups in total. The first-order chi connectivity index (χ1) is 29.4. The van der Waals surface area contributed by atoms with Crippen molar-refractivity contribution in [2.45, 2.75) is 121 Å². The molecule has 0 aliphatic carbocycles. The third-order valence-corrected chi connectivity index (χ3v) is 9.61. The van der Waals surface area contributed by atoms with Gasteiger partial charge in [0.05, 0.1) is 19.7 Å². The number of nitrogens with two attached hydrogens (primary N) is 3. The standard InChI is InChI=1S/C43H63N9O10/c1-5-6-17-31(43(61)62-4)50-41(59)32(22-26(2)3)48-37(55)25-47-39(57)33(23-27-13-9-7-10-14-27)51-42(60)34(24-28-15-11-8-12-16-28)52-40(58)30(19-21-36(46)54)49-38(56)29(44)18-20-35(45)53/h7-16,26,29-34H,5-6,17-25,44H2,1-4H3,(H2,45,53)(H2,46,54)(H,47,57)(H,48,55)(H,49,56)(H,50,59)(H,51,60)(H,52,58)/t29-,30-,31-,32-,33-,34-/m0/s1. The summed E-state index contributed by atoms with van der Waals surface area (Å²) in [6.45, 7) is 5.07. The number of rotatable bonds is 28. The molecular formula is C43H63N9O10. The number of hydrogen-bond acceptors (Lipinski definition) is 11. The quantitative estimate of drug-likeness (QED) is 0.0481. The van der Waals surface area contributed by atoms with Gasteiger partial charge >= 0.3 is 5.97 Å². The number of amides is 8. The van der Waals surface area contributed by atoms with Gasteiger partial charge in [-0.3, -0.25) is 38.4 Å². The Labute approximate surface area is 362 Å². The first-order valence-corrected chi connectivity index (χ1v) is 20.7. The molecule has 2 aromatic rings. The molecule has 0 fully saturated rings. The van der Waals surface area contributed by atoms with Crippen LogP contribution in [0.25, 0.3) is 0 Å². The van der Waals surface area contributed by atoms with Crippen LogP contribution in [0.5, 0.6) is 0 Å². The van der Waals surface area contributed by atoms with Crippen molar-refractivity contribution in [3.8, 4) is 0 Å². The summed E-state index contributed by atoms with van der Waals surface area (Å²) in [5.41, 5.74) is 17.7. The third-order valence-electron chi connectivity index (χ3n) is 9.61. The molecule has 0 bridgehead atoms. The van der Waals surface area contributed by atoms with Crippen molar-refractivity contribution in [3.63, 3.8) is 0 Å². The van der Waals surface area contributed by atoms with E-state index in [1.54, 1.807) is 60.7 Å². The van der Waals surface area contributed by atoms with E-state index in [2.05, 4.69) is 31.9 Å². The van der Waals surface area contributed by atoms with Gasteiger partial charge in [0, 0.05) is 25.7 Å². The number of carbonyl (C=O) groups is 9. The van der Waals surface area contributed by atoms with E-state index in [0.29, 0.717) is 24.0 Å². The molecule has 0 unspecified atom stereocenters. The number of unbranched alkanes of at least 4 members (excludes halogenated alkanes) is 1. The van der Waals surface area contributed by atoms with E-state index < -0.39 is 96.0 Å². The Hall–Kier alpha value is -6.37. The smallest absolute Gasteiger partial charge is 0.328 e. The Morgan fingerprint density at radius 2 is 1.05 bits per heavy atom. The average molecular weight is 866 g/mol. The van der Waals surface area contributed by atoms with Crippen molar-refractivity contribution in [2.75, 3.05) is 13.7 Å². The van der Waals surface area contributed by atoms with Crippen molar-refractivity contribution in [2.24, 2.45) is 23.1 Å². The summed E-state index contributed by atoms with van der Waals surface area (Å²) in [6.07, 6.45) is 1.04. The monoisotopic (exact) mass is 865 g/mol. The maximum absolute atomic E-state index is 14.2. The first-order valence-electron chi connectivity index (χ1n) is 20.7. The normalized spacial score (nSPS) is 13.8. The van der Waals surface area contributed by atoms with Gasteiger partial charge in [-0.25, -0.2) is 4.79 Å². The highest BCUT2D eigenvalue weighted by Gasteiger charge is 2.32. The fraction of sp³-hybridized carbons (Fsp3) is 0.512. The molecule has 0 spiro atoms. The first kappa shape index (κ1) is 51.8. The van der Waals surface area contributed by atoms with Crippen LogP contribution in [-0.2, 0) is 60.7 Å². The van der Waals surface area contributed by atoms with E-state index in [1.165, 1.54) is 7.11 Å². The van der Waals surface area contributed by atoms with Crippen molar-refractivity contribution in [1.29, 1.82) is 0 Å². The van der Waals surface area contributed by atoms with Gasteiger partial charge in [0.1, 0.15) is 30.2 Å². The van der Waals surface area contributed by atoms with Gasteiger partial charge < -0.3 is 53.8 Å². The van der Waals surface area contributed by atoms with Crippen LogP contribution >= 0.6 is 0 Å². The second-order valence-electron chi connectivity index (χ2n) is 15.4. The summed E-state index contributed by atoms with van der Waals surface area (Å²) in [6, 6.07) is 10.2. The van der Waals surface area contributed by atoms with Gasteiger partial charge in [-0.15, -0.1) is 0 Å². The van der Waals surface area contributed by atoms with Crippen LogP contribution in [0.3, 0.4) is 0 Å². The van der Waals surface area contributed by atoms with Crippen LogP contribution in [0.1, 0.15) is 83.3 Å². The Kier molecular flexibility index (Phi) is 22.9. The predicted molar refractivity (Wildman–Crippen MR) is 229 cm³/mol. The molecular weight excluding hydrogens is 803 g/mol. The second kappa shape index (κ2) is 27.5. The van der Waals surface area contributed by atoms with Crippen LogP contribution in [0.4, 0.5) is 0 Å². The molecule has 19 nitrogen and oxygen atoms in total. The number of esters is 1. The fourth-order valence-corrected chi connectivity index (χ4v) is 6.24. The molecule has 0 saturated heterocycles. The summed E-state index contributed by atoms with van der Waals surface area (Å²) in [7, 11) is 1.22. The molecule has 8 amide bonds. The summed E-state index contributed by atoms with van der Waals surface area (Å²) < 4.78 is 4.85. The van der Waals surface area contributed by atoms with Crippen LogP contribution in [0.15, 0.2) is 60.7 Å². The van der Waals surface area contributed by atoms with E-state index in [0.717, 1.165) is 6.42 Å². The average Bonchev–Trinajstić information content (AvgIpc) is 3.23. The fourth-order valence-electron chi connectivity index (χ4n) is 6.24. The highest BCUT2D eigenvalue weighted by Crippen LogP contribution is 2.11.